The number of hydrogen-bond donors (Lipinski definition) is 2. The lowest BCUT2D eigenvalue weighted by Gasteiger charge is -2.11. The van der Waals surface area contributed by atoms with Crippen LogP contribution in [0.2, 0.25) is 0 Å². The molecule has 0 aliphatic heterocycles. The molecule has 2 rings (SSSR count). The Labute approximate surface area is 122 Å². The van der Waals surface area contributed by atoms with Crippen molar-refractivity contribution in [3.63, 3.8) is 0 Å². The fraction of sp³-hybridized carbons (Fsp3) is 0.267. The van der Waals surface area contributed by atoms with Gasteiger partial charge in [0.15, 0.2) is 0 Å². The highest BCUT2D eigenvalue weighted by molar-refractivity contribution is 6.07. The van der Waals surface area contributed by atoms with Gasteiger partial charge in [0.1, 0.15) is 11.6 Å². The number of carbonyl (C=O) groups excluding carboxylic acids is 1. The highest BCUT2D eigenvalue weighted by Gasteiger charge is 2.14. The summed E-state index contributed by atoms with van der Waals surface area (Å²) in [6, 6.07) is 2.96. The van der Waals surface area contributed by atoms with E-state index in [1.807, 2.05) is 13.8 Å². The first-order valence-corrected chi connectivity index (χ1v) is 6.72. The zero-order chi connectivity index (χ0) is 15.2. The summed E-state index contributed by atoms with van der Waals surface area (Å²) < 4.78 is 13.3. The zero-order valence-electron chi connectivity index (χ0n) is 12.0. The van der Waals surface area contributed by atoms with Crippen LogP contribution < -0.4 is 10.6 Å². The molecule has 2 heterocycles. The normalized spacial score (nSPS) is 10.2. The number of aromatic nitrogens is 2. The van der Waals surface area contributed by atoms with Gasteiger partial charge in [-0.05, 0) is 31.0 Å². The zero-order valence-corrected chi connectivity index (χ0v) is 12.0. The molecule has 2 aromatic heterocycles. The van der Waals surface area contributed by atoms with Crippen LogP contribution in [-0.4, -0.2) is 22.4 Å². The number of hydrogen-bond acceptors (Lipinski definition) is 4. The number of aryl methyl sites for hydroxylation is 1. The molecule has 0 aliphatic rings. The van der Waals surface area contributed by atoms with Crippen LogP contribution in [0.4, 0.5) is 15.9 Å². The standard InChI is InChI=1S/C15H17FN4O/c1-3-4-18-14-13(6-11(16)8-19-14)15(21)20-12-5-10(2)7-17-9-12/h5-9H,3-4H2,1-2H3,(H,18,19)(H,20,21). The first kappa shape index (κ1) is 14.9. The Kier molecular flexibility index (Phi) is 4.81. The maximum absolute atomic E-state index is 13.3. The van der Waals surface area contributed by atoms with E-state index < -0.39 is 11.7 Å². The Hall–Kier alpha value is -2.50. The summed E-state index contributed by atoms with van der Waals surface area (Å²) in [5.74, 6) is -0.603. The third kappa shape index (κ3) is 3.98. The van der Waals surface area contributed by atoms with Crippen molar-refractivity contribution >= 4 is 17.4 Å². The maximum Gasteiger partial charge on any atom is 0.259 e. The van der Waals surface area contributed by atoms with Crippen LogP contribution in [0.25, 0.3) is 0 Å². The topological polar surface area (TPSA) is 66.9 Å². The van der Waals surface area contributed by atoms with Crippen LogP contribution in [-0.2, 0) is 0 Å². The summed E-state index contributed by atoms with van der Waals surface area (Å²) >= 11 is 0. The molecule has 1 amide bonds. The SMILES string of the molecule is CCCNc1ncc(F)cc1C(=O)Nc1cncc(C)c1. The van der Waals surface area contributed by atoms with E-state index in [2.05, 4.69) is 20.6 Å². The molecule has 0 saturated heterocycles. The largest absolute Gasteiger partial charge is 0.369 e. The first-order chi connectivity index (χ1) is 10.1. The van der Waals surface area contributed by atoms with Crippen LogP contribution in [0.15, 0.2) is 30.7 Å². The summed E-state index contributed by atoms with van der Waals surface area (Å²) in [7, 11) is 0. The van der Waals surface area contributed by atoms with Crippen LogP contribution in [0.5, 0.6) is 0 Å². The molecule has 0 radical (unpaired) electrons. The van der Waals surface area contributed by atoms with E-state index in [0.717, 1.165) is 18.2 Å². The van der Waals surface area contributed by atoms with Crippen molar-refractivity contribution < 1.29 is 9.18 Å². The Bertz CT molecular complexity index is 645. The van der Waals surface area contributed by atoms with Crippen molar-refractivity contribution in [2.45, 2.75) is 20.3 Å². The Morgan fingerprint density at radius 3 is 2.81 bits per heavy atom. The van der Waals surface area contributed by atoms with Gasteiger partial charge in [-0.3, -0.25) is 9.78 Å². The van der Waals surface area contributed by atoms with Crippen LogP contribution in [0.1, 0.15) is 29.3 Å². The lowest BCUT2D eigenvalue weighted by molar-refractivity contribution is 0.102. The summed E-state index contributed by atoms with van der Waals surface area (Å²) in [5.41, 5.74) is 1.66. The summed E-state index contributed by atoms with van der Waals surface area (Å²) in [4.78, 5) is 20.2. The Morgan fingerprint density at radius 2 is 2.10 bits per heavy atom. The smallest absolute Gasteiger partial charge is 0.259 e. The lowest BCUT2D eigenvalue weighted by atomic mass is 10.2. The second-order valence-corrected chi connectivity index (χ2v) is 4.68. The second kappa shape index (κ2) is 6.78. The van der Waals surface area contributed by atoms with Gasteiger partial charge in [-0.15, -0.1) is 0 Å². The molecular formula is C15H17FN4O. The van der Waals surface area contributed by atoms with E-state index in [1.165, 1.54) is 12.3 Å². The van der Waals surface area contributed by atoms with Crippen LogP contribution >= 0.6 is 0 Å². The average molecular weight is 288 g/mol. The molecule has 0 aromatic carbocycles. The first-order valence-electron chi connectivity index (χ1n) is 6.72. The van der Waals surface area contributed by atoms with E-state index in [0.29, 0.717) is 18.1 Å². The number of carbonyl (C=O) groups is 1. The van der Waals surface area contributed by atoms with Crippen molar-refractivity contribution in [2.75, 3.05) is 17.2 Å². The van der Waals surface area contributed by atoms with Gasteiger partial charge in [-0.25, -0.2) is 9.37 Å². The molecule has 0 saturated carbocycles. The molecular weight excluding hydrogens is 271 g/mol. The third-order valence-corrected chi connectivity index (χ3v) is 2.77. The Morgan fingerprint density at radius 1 is 1.29 bits per heavy atom. The quantitative estimate of drug-likeness (QED) is 0.887. The minimum atomic E-state index is -0.551. The number of halogens is 1. The maximum atomic E-state index is 13.3. The van der Waals surface area contributed by atoms with Gasteiger partial charge in [0.25, 0.3) is 5.91 Å². The molecule has 0 spiro atoms. The van der Waals surface area contributed by atoms with Crippen molar-refractivity contribution in [1.29, 1.82) is 0 Å². The van der Waals surface area contributed by atoms with Crippen molar-refractivity contribution in [3.05, 3.63) is 47.7 Å². The molecule has 2 N–H and O–H groups in total. The van der Waals surface area contributed by atoms with Gasteiger partial charge < -0.3 is 10.6 Å². The van der Waals surface area contributed by atoms with Crippen molar-refractivity contribution in [2.24, 2.45) is 0 Å². The average Bonchev–Trinajstić information content (AvgIpc) is 2.46. The number of rotatable bonds is 5. The van der Waals surface area contributed by atoms with Crippen LogP contribution in [0, 0.1) is 12.7 Å². The van der Waals surface area contributed by atoms with Gasteiger partial charge in [0.2, 0.25) is 0 Å². The van der Waals surface area contributed by atoms with Crippen molar-refractivity contribution in [3.8, 4) is 0 Å². The number of nitrogens with zero attached hydrogens (tertiary/aromatic N) is 2. The van der Waals surface area contributed by atoms with E-state index in [-0.39, 0.29) is 5.56 Å². The summed E-state index contributed by atoms with van der Waals surface area (Å²) in [5, 5.41) is 5.71. The Balaban J connectivity index is 2.23. The molecule has 0 unspecified atom stereocenters. The highest BCUT2D eigenvalue weighted by atomic mass is 19.1. The van der Waals surface area contributed by atoms with Crippen molar-refractivity contribution in [1.82, 2.24) is 9.97 Å². The third-order valence-electron chi connectivity index (χ3n) is 2.77. The fourth-order valence-corrected chi connectivity index (χ4v) is 1.82. The van der Waals surface area contributed by atoms with Gasteiger partial charge >= 0.3 is 0 Å². The number of pyridine rings is 2. The molecule has 0 atom stereocenters. The predicted octanol–water partition coefficient (Wildman–Crippen LogP) is 3.00. The monoisotopic (exact) mass is 288 g/mol. The number of nitrogens with one attached hydrogen (secondary N) is 2. The van der Waals surface area contributed by atoms with E-state index in [4.69, 9.17) is 0 Å². The van der Waals surface area contributed by atoms with Gasteiger partial charge in [-0.2, -0.15) is 0 Å². The molecule has 6 heteroatoms. The van der Waals surface area contributed by atoms with Gasteiger partial charge in [-0.1, -0.05) is 6.92 Å². The molecule has 21 heavy (non-hydrogen) atoms. The summed E-state index contributed by atoms with van der Waals surface area (Å²) in [6.07, 6.45) is 5.19. The summed E-state index contributed by atoms with van der Waals surface area (Å²) in [6.45, 7) is 4.53. The molecule has 0 bridgehead atoms. The minimum Gasteiger partial charge on any atom is -0.369 e. The second-order valence-electron chi connectivity index (χ2n) is 4.68. The van der Waals surface area contributed by atoms with E-state index >= 15 is 0 Å². The molecule has 0 aliphatic carbocycles. The lowest BCUT2D eigenvalue weighted by Crippen LogP contribution is -2.16. The van der Waals surface area contributed by atoms with Gasteiger partial charge in [0.05, 0.1) is 23.6 Å². The van der Waals surface area contributed by atoms with E-state index in [1.54, 1.807) is 12.3 Å². The molecule has 110 valence electrons. The molecule has 5 nitrogen and oxygen atoms in total. The highest BCUT2D eigenvalue weighted by Crippen LogP contribution is 2.16. The van der Waals surface area contributed by atoms with E-state index in [9.17, 15) is 9.18 Å². The number of anilines is 2. The fourth-order valence-electron chi connectivity index (χ4n) is 1.82. The van der Waals surface area contributed by atoms with Crippen LogP contribution in [0.3, 0.4) is 0 Å². The minimum absolute atomic E-state index is 0.171. The molecule has 0 fully saturated rings. The molecule has 2 aromatic rings. The predicted molar refractivity (Wildman–Crippen MR) is 79.9 cm³/mol. The van der Waals surface area contributed by atoms with Gasteiger partial charge in [0, 0.05) is 12.7 Å². The number of amides is 1.